The SMILES string of the molecule is COc1ccc(CCC(=O)C(C)(C)N2CCCCC2)cc1. The fourth-order valence-corrected chi connectivity index (χ4v) is 2.99. The summed E-state index contributed by atoms with van der Waals surface area (Å²) in [6.45, 7) is 6.27. The number of rotatable bonds is 6. The number of aryl methyl sites for hydroxylation is 1. The highest BCUT2D eigenvalue weighted by molar-refractivity contribution is 5.87. The number of hydrogen-bond donors (Lipinski definition) is 0. The molecule has 0 spiro atoms. The number of piperidine rings is 1. The molecule has 0 radical (unpaired) electrons. The highest BCUT2D eigenvalue weighted by Crippen LogP contribution is 2.23. The van der Waals surface area contributed by atoms with Crippen molar-refractivity contribution in [2.24, 2.45) is 0 Å². The van der Waals surface area contributed by atoms with Gasteiger partial charge in [-0.2, -0.15) is 0 Å². The van der Waals surface area contributed by atoms with E-state index in [1.54, 1.807) is 7.11 Å². The Labute approximate surface area is 128 Å². The molecule has 1 aliphatic heterocycles. The molecule has 0 atom stereocenters. The molecule has 0 aliphatic carbocycles. The highest BCUT2D eigenvalue weighted by Gasteiger charge is 2.34. The number of methoxy groups -OCH3 is 1. The molecular weight excluding hydrogens is 262 g/mol. The Morgan fingerprint density at radius 1 is 1.14 bits per heavy atom. The molecule has 1 aliphatic rings. The van der Waals surface area contributed by atoms with Crippen LogP contribution in [0, 0.1) is 0 Å². The lowest BCUT2D eigenvalue weighted by molar-refractivity contribution is -0.130. The zero-order valence-electron chi connectivity index (χ0n) is 13.5. The number of carbonyl (C=O) groups is 1. The maximum atomic E-state index is 12.6. The summed E-state index contributed by atoms with van der Waals surface area (Å²) in [5.74, 6) is 1.21. The van der Waals surface area contributed by atoms with Crippen LogP contribution >= 0.6 is 0 Å². The van der Waals surface area contributed by atoms with Gasteiger partial charge in [0, 0.05) is 6.42 Å². The second-order valence-electron chi connectivity index (χ2n) is 6.38. The predicted octanol–water partition coefficient (Wildman–Crippen LogP) is 3.46. The van der Waals surface area contributed by atoms with Gasteiger partial charge >= 0.3 is 0 Å². The van der Waals surface area contributed by atoms with E-state index >= 15 is 0 Å². The number of benzene rings is 1. The minimum absolute atomic E-state index is 0.326. The zero-order chi connectivity index (χ0) is 15.3. The van der Waals surface area contributed by atoms with E-state index in [4.69, 9.17) is 4.74 Å². The number of ether oxygens (including phenoxy) is 1. The van der Waals surface area contributed by atoms with Crippen molar-refractivity contribution in [3.63, 3.8) is 0 Å². The summed E-state index contributed by atoms with van der Waals surface area (Å²) >= 11 is 0. The predicted molar refractivity (Wildman–Crippen MR) is 85.8 cm³/mol. The lowest BCUT2D eigenvalue weighted by Crippen LogP contribution is -2.52. The molecular formula is C18H27NO2. The largest absolute Gasteiger partial charge is 0.497 e. The fraction of sp³-hybridized carbons (Fsp3) is 0.611. The normalized spacial score (nSPS) is 16.7. The number of nitrogens with zero attached hydrogens (tertiary/aromatic N) is 1. The van der Waals surface area contributed by atoms with Crippen molar-refractivity contribution in [3.8, 4) is 5.75 Å². The minimum atomic E-state index is -0.326. The molecule has 1 saturated heterocycles. The molecule has 0 N–H and O–H groups in total. The standard InChI is InChI=1S/C18H27NO2/c1-18(2,19-13-5-4-6-14-19)17(20)12-9-15-7-10-16(21-3)11-8-15/h7-8,10-11H,4-6,9,12-14H2,1-3H3. The van der Waals surface area contributed by atoms with E-state index in [2.05, 4.69) is 18.7 Å². The number of likely N-dealkylation sites (tertiary alicyclic amines) is 1. The van der Waals surface area contributed by atoms with Crippen LogP contribution in [0.2, 0.25) is 0 Å². The van der Waals surface area contributed by atoms with Crippen LogP contribution < -0.4 is 4.74 Å². The summed E-state index contributed by atoms with van der Waals surface area (Å²) in [6, 6.07) is 7.99. The third-order valence-electron chi connectivity index (χ3n) is 4.63. The molecule has 0 saturated carbocycles. The maximum Gasteiger partial charge on any atom is 0.152 e. The van der Waals surface area contributed by atoms with Gasteiger partial charge in [0.05, 0.1) is 12.6 Å². The van der Waals surface area contributed by atoms with Gasteiger partial charge in [-0.15, -0.1) is 0 Å². The summed E-state index contributed by atoms with van der Waals surface area (Å²) in [7, 11) is 1.67. The van der Waals surface area contributed by atoms with Gasteiger partial charge in [0.1, 0.15) is 5.75 Å². The smallest absolute Gasteiger partial charge is 0.152 e. The van der Waals surface area contributed by atoms with E-state index < -0.39 is 0 Å². The highest BCUT2D eigenvalue weighted by atomic mass is 16.5. The molecule has 3 heteroatoms. The number of hydrogen-bond acceptors (Lipinski definition) is 3. The Kier molecular flexibility index (Phi) is 5.40. The van der Waals surface area contributed by atoms with Crippen LogP contribution in [0.25, 0.3) is 0 Å². The zero-order valence-corrected chi connectivity index (χ0v) is 13.5. The average molecular weight is 289 g/mol. The van der Waals surface area contributed by atoms with Crippen LogP contribution in [-0.4, -0.2) is 36.4 Å². The van der Waals surface area contributed by atoms with E-state index in [1.807, 2.05) is 24.3 Å². The van der Waals surface area contributed by atoms with Crippen molar-refractivity contribution in [1.82, 2.24) is 4.90 Å². The van der Waals surface area contributed by atoms with Crippen molar-refractivity contribution >= 4 is 5.78 Å². The first kappa shape index (κ1) is 16.0. The van der Waals surface area contributed by atoms with Crippen LogP contribution in [0.15, 0.2) is 24.3 Å². The second-order valence-corrected chi connectivity index (χ2v) is 6.38. The molecule has 1 heterocycles. The fourth-order valence-electron chi connectivity index (χ4n) is 2.99. The topological polar surface area (TPSA) is 29.5 Å². The van der Waals surface area contributed by atoms with Crippen LogP contribution in [0.4, 0.5) is 0 Å². The van der Waals surface area contributed by atoms with Gasteiger partial charge in [0.25, 0.3) is 0 Å². The average Bonchev–Trinajstić information content (AvgIpc) is 2.53. The lowest BCUT2D eigenvalue weighted by Gasteiger charge is -2.39. The molecule has 1 fully saturated rings. The third kappa shape index (κ3) is 4.07. The van der Waals surface area contributed by atoms with Gasteiger partial charge in [-0.25, -0.2) is 0 Å². The van der Waals surface area contributed by atoms with E-state index in [9.17, 15) is 4.79 Å². The molecule has 2 rings (SSSR count). The van der Waals surface area contributed by atoms with Gasteiger partial charge in [-0.1, -0.05) is 18.6 Å². The first-order chi connectivity index (χ1) is 10.0. The lowest BCUT2D eigenvalue weighted by atomic mass is 9.90. The summed E-state index contributed by atoms with van der Waals surface area (Å²) in [4.78, 5) is 14.9. The van der Waals surface area contributed by atoms with Gasteiger partial charge in [0.2, 0.25) is 0 Å². The van der Waals surface area contributed by atoms with E-state index in [0.717, 1.165) is 25.3 Å². The van der Waals surface area contributed by atoms with Gasteiger partial charge in [-0.05, 0) is 63.9 Å². The molecule has 0 unspecified atom stereocenters. The van der Waals surface area contributed by atoms with Crippen molar-refractivity contribution < 1.29 is 9.53 Å². The Bertz CT molecular complexity index is 459. The van der Waals surface area contributed by atoms with E-state index in [-0.39, 0.29) is 5.54 Å². The third-order valence-corrected chi connectivity index (χ3v) is 4.63. The first-order valence-corrected chi connectivity index (χ1v) is 7.95. The van der Waals surface area contributed by atoms with Gasteiger partial charge in [0.15, 0.2) is 5.78 Å². The maximum absolute atomic E-state index is 12.6. The van der Waals surface area contributed by atoms with Crippen LogP contribution in [0.5, 0.6) is 5.75 Å². The monoisotopic (exact) mass is 289 g/mol. The number of carbonyl (C=O) groups excluding carboxylic acids is 1. The van der Waals surface area contributed by atoms with Gasteiger partial charge < -0.3 is 4.74 Å². The molecule has 3 nitrogen and oxygen atoms in total. The van der Waals surface area contributed by atoms with Gasteiger partial charge in [-0.3, -0.25) is 9.69 Å². The Balaban J connectivity index is 1.90. The molecule has 1 aromatic carbocycles. The minimum Gasteiger partial charge on any atom is -0.497 e. The Hall–Kier alpha value is -1.35. The Morgan fingerprint density at radius 2 is 1.76 bits per heavy atom. The van der Waals surface area contributed by atoms with Crippen LogP contribution in [-0.2, 0) is 11.2 Å². The molecule has 0 bridgehead atoms. The Morgan fingerprint density at radius 3 is 2.33 bits per heavy atom. The van der Waals surface area contributed by atoms with Crippen molar-refractivity contribution in [3.05, 3.63) is 29.8 Å². The van der Waals surface area contributed by atoms with Crippen molar-refractivity contribution in [1.29, 1.82) is 0 Å². The van der Waals surface area contributed by atoms with Crippen molar-refractivity contribution in [2.75, 3.05) is 20.2 Å². The summed E-state index contributed by atoms with van der Waals surface area (Å²) in [5.41, 5.74) is 0.867. The van der Waals surface area contributed by atoms with Crippen LogP contribution in [0.1, 0.15) is 45.1 Å². The number of ketones is 1. The molecule has 0 amide bonds. The second kappa shape index (κ2) is 7.08. The molecule has 0 aromatic heterocycles. The van der Waals surface area contributed by atoms with E-state index in [1.165, 1.54) is 24.8 Å². The van der Waals surface area contributed by atoms with E-state index in [0.29, 0.717) is 12.2 Å². The quantitative estimate of drug-likeness (QED) is 0.803. The van der Waals surface area contributed by atoms with Crippen LogP contribution in [0.3, 0.4) is 0 Å². The molecule has 1 aromatic rings. The summed E-state index contributed by atoms with van der Waals surface area (Å²) < 4.78 is 5.15. The van der Waals surface area contributed by atoms with Crippen molar-refractivity contribution in [2.45, 2.75) is 51.5 Å². The molecule has 21 heavy (non-hydrogen) atoms. The first-order valence-electron chi connectivity index (χ1n) is 7.95. The number of Topliss-reactive ketones (excluding diaryl/α,β-unsaturated/α-hetero) is 1. The summed E-state index contributed by atoms with van der Waals surface area (Å²) in [5, 5.41) is 0. The molecule has 116 valence electrons. The summed E-state index contributed by atoms with van der Waals surface area (Å²) in [6.07, 6.45) is 5.15.